The molecule has 0 amide bonds. The molecule has 7 aromatic carbocycles. The number of furan rings is 1. The maximum absolute atomic E-state index is 6.36. The molecule has 0 atom stereocenters. The molecule has 4 heterocycles. The molecule has 232 valence electrons. The molecule has 11 rings (SSSR count). The molecule has 0 spiro atoms. The summed E-state index contributed by atoms with van der Waals surface area (Å²) in [5.41, 5.74) is 18.1. The van der Waals surface area contributed by atoms with Gasteiger partial charge in [-0.2, -0.15) is 0 Å². The van der Waals surface area contributed by atoms with Gasteiger partial charge in [-0.3, -0.25) is 0 Å². The van der Waals surface area contributed by atoms with E-state index >= 15 is 0 Å². The van der Waals surface area contributed by atoms with Crippen molar-refractivity contribution in [3.63, 3.8) is 0 Å². The Balaban J connectivity index is 1.12. The van der Waals surface area contributed by atoms with Crippen molar-refractivity contribution in [1.29, 1.82) is 0 Å². The number of fused-ring (bicyclic) bond motifs is 9. The normalized spacial score (nSPS) is 13.9. The average Bonchev–Trinajstić information content (AvgIpc) is 3.88. The number of aromatic nitrogens is 2. The number of nitrogen functional groups attached to an aromatic ring is 1. The number of aliphatic imine (C=N–C) groups is 1. The zero-order valence-corrected chi connectivity index (χ0v) is 28.2. The van der Waals surface area contributed by atoms with E-state index in [1.807, 2.05) is 36.4 Å². The molecule has 0 fully saturated rings. The Morgan fingerprint density at radius 3 is 1.98 bits per heavy atom. The maximum atomic E-state index is 6.36. The first-order valence-electron chi connectivity index (χ1n) is 16.3. The van der Waals surface area contributed by atoms with Gasteiger partial charge >= 0.3 is 258 Å². The first-order chi connectivity index (χ1) is 24.2. The van der Waals surface area contributed by atoms with E-state index in [2.05, 4.69) is 118 Å². The number of rotatable bonds is 3. The van der Waals surface area contributed by atoms with Crippen LogP contribution >= 0.6 is 0 Å². The molecule has 0 radical (unpaired) electrons. The van der Waals surface area contributed by atoms with Crippen molar-refractivity contribution in [2.75, 3.05) is 5.73 Å². The third-order valence-corrected chi connectivity index (χ3v) is 12.5. The second-order valence-electron chi connectivity index (χ2n) is 12.6. The van der Waals surface area contributed by atoms with Crippen LogP contribution in [0.5, 0.6) is 0 Å². The van der Waals surface area contributed by atoms with Crippen LogP contribution in [0.2, 0.25) is 0 Å². The summed E-state index contributed by atoms with van der Waals surface area (Å²) in [7, 11) is 0. The molecule has 0 saturated carbocycles. The number of hydrogen-bond donors (Lipinski definition) is 1. The van der Waals surface area contributed by atoms with E-state index in [0.717, 1.165) is 31.5 Å². The molecule has 6 heteroatoms. The number of hydrogen-bond acceptors (Lipinski definition) is 3. The summed E-state index contributed by atoms with van der Waals surface area (Å²) in [6, 6.07) is 51.8. The summed E-state index contributed by atoms with van der Waals surface area (Å²) in [5.74, 6) is 0. The van der Waals surface area contributed by atoms with Crippen LogP contribution in [0.1, 0.15) is 0 Å². The van der Waals surface area contributed by atoms with Gasteiger partial charge in [-0.1, -0.05) is 18.2 Å². The molecule has 1 aliphatic heterocycles. The number of halogens is 1. The monoisotopic (exact) mass is 741 g/mol. The van der Waals surface area contributed by atoms with E-state index in [1.54, 1.807) is 0 Å². The van der Waals surface area contributed by atoms with Crippen molar-refractivity contribution in [1.82, 2.24) is 9.13 Å². The molecular weight excluding hydrogens is 715 g/mol. The van der Waals surface area contributed by atoms with Gasteiger partial charge in [-0.15, -0.1) is 0 Å². The number of benzene rings is 7. The molecule has 0 aliphatic carbocycles. The molecule has 0 saturated heterocycles. The number of para-hydroxylation sites is 5. The third kappa shape index (κ3) is 3.89. The second-order valence-corrected chi connectivity index (χ2v) is 15.3. The third-order valence-electron chi connectivity index (χ3n) is 9.87. The Labute approximate surface area is 290 Å². The van der Waals surface area contributed by atoms with Gasteiger partial charge in [0.1, 0.15) is 5.58 Å². The second kappa shape index (κ2) is 10.1. The van der Waals surface area contributed by atoms with Crippen molar-refractivity contribution in [2.45, 2.75) is 0 Å². The molecule has 5 nitrogen and oxygen atoms in total. The van der Waals surface area contributed by atoms with Crippen molar-refractivity contribution in [2.24, 2.45) is 4.99 Å². The van der Waals surface area contributed by atoms with Gasteiger partial charge < -0.3 is 4.42 Å². The van der Waals surface area contributed by atoms with E-state index in [-0.39, 0.29) is 0 Å². The topological polar surface area (TPSA) is 61.4 Å². The van der Waals surface area contributed by atoms with Crippen LogP contribution in [0.3, 0.4) is 0 Å². The number of nitrogens with two attached hydrogens (primary N) is 1. The Bertz CT molecular complexity index is 3050. The molecule has 10 aromatic rings. The van der Waals surface area contributed by atoms with E-state index in [1.165, 1.54) is 64.0 Å². The van der Waals surface area contributed by atoms with Crippen LogP contribution in [-0.4, -0.2) is 13.0 Å². The van der Waals surface area contributed by atoms with Crippen molar-refractivity contribution in [3.8, 4) is 16.8 Å². The van der Waals surface area contributed by atoms with Gasteiger partial charge in [0.25, 0.3) is 0 Å². The van der Waals surface area contributed by atoms with Gasteiger partial charge in [0.15, 0.2) is 0 Å². The van der Waals surface area contributed by atoms with Crippen molar-refractivity contribution >= 4 is 80.8 Å². The van der Waals surface area contributed by atoms with E-state index in [0.29, 0.717) is 5.69 Å². The Hall–Kier alpha value is -5.86. The predicted molar refractivity (Wildman–Crippen MR) is 199 cm³/mol. The Morgan fingerprint density at radius 1 is 0.510 bits per heavy atom. The molecule has 1 aliphatic rings. The average molecular weight is 742 g/mol. The molecule has 2 N–H and O–H groups in total. The zero-order valence-electron chi connectivity index (χ0n) is 26.1. The molecule has 0 unspecified atom stereocenters. The molecule has 49 heavy (non-hydrogen) atoms. The van der Waals surface area contributed by atoms with E-state index in [9.17, 15) is 0 Å². The van der Waals surface area contributed by atoms with Crippen molar-refractivity contribution < 1.29 is 25.6 Å². The van der Waals surface area contributed by atoms with Gasteiger partial charge in [-0.05, 0) is 6.07 Å². The summed E-state index contributed by atoms with van der Waals surface area (Å²) in [6.07, 6.45) is 0. The predicted octanol–water partition coefficient (Wildman–Crippen LogP) is 7.85. The van der Waals surface area contributed by atoms with Crippen LogP contribution in [-0.2, 0) is 0 Å². The van der Waals surface area contributed by atoms with Gasteiger partial charge in [0, 0.05) is 0 Å². The minimum atomic E-state index is -0.557. The van der Waals surface area contributed by atoms with Crippen LogP contribution in [0.15, 0.2) is 155 Å². The Kier molecular flexibility index (Phi) is 5.58. The standard InChI is InChI=1S/C43H26IN4O/c45-35-12-4-5-13-36(35)46-43-44-34-24-27(23-33-29-10-2-7-15-38(29)48(43)42(33)34)47-37-14-6-1-9-28(37)31-21-25(17-19-39(31)47)26-18-20-41-32(22-26)30-11-3-8-16-40(30)49-41/h1-24H,45H2/q-1. The van der Waals surface area contributed by atoms with Crippen LogP contribution < -0.4 is 26.9 Å². The van der Waals surface area contributed by atoms with Crippen LogP contribution in [0.4, 0.5) is 11.4 Å². The number of anilines is 1. The zero-order chi connectivity index (χ0) is 32.2. The minimum absolute atomic E-state index is 0.557. The quantitative estimate of drug-likeness (QED) is 0.148. The molecule has 0 bridgehead atoms. The summed E-state index contributed by atoms with van der Waals surface area (Å²) in [5, 5.41) is 7.26. The summed E-state index contributed by atoms with van der Waals surface area (Å²) in [6.45, 7) is 0. The Morgan fingerprint density at radius 2 is 1.14 bits per heavy atom. The van der Waals surface area contributed by atoms with Crippen LogP contribution in [0, 0.1) is 3.57 Å². The summed E-state index contributed by atoms with van der Waals surface area (Å²) >= 11 is -0.557. The van der Waals surface area contributed by atoms with E-state index < -0.39 is 21.2 Å². The fourth-order valence-corrected chi connectivity index (χ4v) is 10.6. The molecular formula is C43H26IN4O-. The van der Waals surface area contributed by atoms with E-state index in [4.69, 9.17) is 15.1 Å². The first-order valence-corrected chi connectivity index (χ1v) is 18.5. The summed E-state index contributed by atoms with van der Waals surface area (Å²) in [4.78, 5) is 5.17. The first kappa shape index (κ1) is 27.1. The molecule has 3 aromatic heterocycles. The summed E-state index contributed by atoms with van der Waals surface area (Å²) < 4.78 is 13.4. The van der Waals surface area contributed by atoms with Crippen LogP contribution in [0.25, 0.3) is 82.4 Å². The number of nitrogens with zero attached hydrogens (tertiary/aromatic N) is 3. The van der Waals surface area contributed by atoms with Crippen molar-refractivity contribution in [3.05, 3.63) is 149 Å². The fraction of sp³-hybridized carbons (Fsp3) is 0. The van der Waals surface area contributed by atoms with Gasteiger partial charge in [-0.25, -0.2) is 0 Å². The van der Waals surface area contributed by atoms with Gasteiger partial charge in [0.2, 0.25) is 0 Å². The fourth-order valence-electron chi connectivity index (χ4n) is 7.66. The van der Waals surface area contributed by atoms with Gasteiger partial charge in [0.05, 0.1) is 0 Å². The SMILES string of the molecule is Nc1ccccc1N=C1[I-]c2cc(-n3c4ccccc4c4cc(-c5ccc6oc7ccccc7c6c5)ccc43)cc3c4ccccc4n1c23.